The number of anilines is 4. The number of ketones is 1. The monoisotopic (exact) mass is 921 g/mol. The van der Waals surface area contributed by atoms with Crippen molar-refractivity contribution < 1.29 is 33.4 Å². The van der Waals surface area contributed by atoms with Crippen molar-refractivity contribution in [2.45, 2.75) is 109 Å². The second kappa shape index (κ2) is 18.8. The van der Waals surface area contributed by atoms with Gasteiger partial charge in [-0.2, -0.15) is 4.98 Å². The number of nitrogens with one attached hydrogen (secondary N) is 2. The van der Waals surface area contributed by atoms with Crippen molar-refractivity contribution in [2.75, 3.05) is 61.0 Å². The number of aromatic nitrogens is 3. The molecular weight excluding hydrogens is 866 g/mol. The molecule has 4 amide bonds. The van der Waals surface area contributed by atoms with Gasteiger partial charge in [-0.1, -0.05) is 25.4 Å². The normalized spacial score (nSPS) is 21.7. The van der Waals surface area contributed by atoms with Crippen LogP contribution in [0.25, 0.3) is 10.9 Å². The maximum absolute atomic E-state index is 13.7. The molecule has 1 saturated carbocycles. The molecule has 0 spiro atoms. The highest BCUT2D eigenvalue weighted by molar-refractivity contribution is 6.33. The van der Waals surface area contributed by atoms with Crippen LogP contribution in [0.4, 0.5) is 23.1 Å². The van der Waals surface area contributed by atoms with Gasteiger partial charge in [0.15, 0.2) is 17.4 Å². The largest absolute Gasteiger partial charge is 0.480 e. The molecule has 4 fully saturated rings. The van der Waals surface area contributed by atoms with Crippen molar-refractivity contribution in [3.05, 3.63) is 74.7 Å². The van der Waals surface area contributed by atoms with Gasteiger partial charge in [-0.15, -0.1) is 0 Å². The quantitative estimate of drug-likeness (QED) is 0.152. The number of carbonyl (C=O) groups excluding carboxylic acids is 5. The number of carbonyl (C=O) groups is 5. The van der Waals surface area contributed by atoms with Gasteiger partial charge < -0.3 is 29.2 Å². The van der Waals surface area contributed by atoms with E-state index in [0.29, 0.717) is 52.5 Å². The third-order valence-electron chi connectivity index (χ3n) is 13.7. The van der Waals surface area contributed by atoms with Gasteiger partial charge in [-0.3, -0.25) is 43.9 Å². The molecule has 4 aromatic rings. The summed E-state index contributed by atoms with van der Waals surface area (Å²) in [4.78, 5) is 94.2. The Morgan fingerprint density at radius 2 is 1.67 bits per heavy atom. The summed E-state index contributed by atoms with van der Waals surface area (Å²) in [6.45, 7) is 12.3. The number of piperazine rings is 1. The van der Waals surface area contributed by atoms with Gasteiger partial charge in [0, 0.05) is 81.0 Å². The molecule has 348 valence electrons. The van der Waals surface area contributed by atoms with E-state index in [9.17, 15) is 28.8 Å². The molecule has 1 atom stereocenters. The molecule has 9 rings (SSSR count). The smallest absolute Gasteiger partial charge is 0.293 e. The lowest BCUT2D eigenvalue weighted by molar-refractivity contribution is -0.136. The number of hydrogen-bond acceptors (Lipinski definition) is 14. The van der Waals surface area contributed by atoms with Crippen LogP contribution in [-0.4, -0.2) is 124 Å². The molecule has 2 aromatic carbocycles. The molecule has 0 radical (unpaired) electrons. The van der Waals surface area contributed by atoms with E-state index in [-0.39, 0.29) is 54.8 Å². The molecule has 3 saturated heterocycles. The molecular formula is C48H56ClN9O8. The molecule has 0 bridgehead atoms. The molecule has 1 unspecified atom stereocenters. The van der Waals surface area contributed by atoms with Gasteiger partial charge in [0.1, 0.15) is 17.7 Å². The summed E-state index contributed by atoms with van der Waals surface area (Å²) in [5, 5.41) is 6.75. The van der Waals surface area contributed by atoms with Crippen LogP contribution in [-0.2, 0) is 25.5 Å². The first kappa shape index (κ1) is 45.3. The van der Waals surface area contributed by atoms with E-state index in [2.05, 4.69) is 30.3 Å². The van der Waals surface area contributed by atoms with Crippen LogP contribution in [0, 0.1) is 0 Å². The lowest BCUT2D eigenvalue weighted by atomic mass is 9.87. The molecule has 18 heteroatoms. The lowest BCUT2D eigenvalue weighted by Crippen LogP contribution is -2.56. The average Bonchev–Trinajstić information content (AvgIpc) is 3.55. The van der Waals surface area contributed by atoms with Gasteiger partial charge in [0.2, 0.25) is 17.8 Å². The SMILES string of the molecule is CCC(=O)COc1cc2cc(Nc3nc(N4CCC(OC5CC(N6CCN(c7ccc8c(c7CC)C(=O)N(C7CCC(=O)NC7=O)C8=O)CC6)C5)CC4)ncc3Cl)ccc2n(C(C)C)c1=O. The van der Waals surface area contributed by atoms with Crippen molar-refractivity contribution >= 4 is 75.1 Å². The number of benzene rings is 2. The summed E-state index contributed by atoms with van der Waals surface area (Å²) in [6, 6.07) is 10.3. The highest BCUT2D eigenvalue weighted by atomic mass is 35.5. The second-order valence-corrected chi connectivity index (χ2v) is 18.5. The predicted molar refractivity (Wildman–Crippen MR) is 249 cm³/mol. The minimum Gasteiger partial charge on any atom is -0.480 e. The number of piperidine rings is 2. The molecule has 2 N–H and O–H groups in total. The van der Waals surface area contributed by atoms with Gasteiger partial charge in [-0.25, -0.2) is 4.98 Å². The molecule has 6 heterocycles. The standard InChI is InChI=1S/C48H56ClN9O8/c1-5-31(59)26-65-40-22-28-21-29(7-9-37(28)57(27(3)4)46(40)63)51-43-36(49)25-50-48(53-43)56-15-13-32(14-16-56)66-33-23-30(24-33)54-17-19-55(20-18-54)38-10-8-35-42(34(38)6-2)47(64)58(45(35)62)39-11-12-41(60)52-44(39)61/h7-10,21-22,25,27,30,32-33,39H,5-6,11-20,23-24,26H2,1-4H3,(H,50,51,53)(H,52,60,61). The van der Waals surface area contributed by atoms with Crippen molar-refractivity contribution in [3.8, 4) is 5.75 Å². The third-order valence-corrected chi connectivity index (χ3v) is 14.0. The van der Waals surface area contributed by atoms with Gasteiger partial charge >= 0.3 is 0 Å². The minimum atomic E-state index is -0.987. The fourth-order valence-electron chi connectivity index (χ4n) is 10.0. The third kappa shape index (κ3) is 8.75. The van der Waals surface area contributed by atoms with E-state index in [1.165, 1.54) is 0 Å². The van der Waals surface area contributed by atoms with Gasteiger partial charge in [-0.05, 0) is 94.3 Å². The Morgan fingerprint density at radius 1 is 0.909 bits per heavy atom. The van der Waals surface area contributed by atoms with E-state index >= 15 is 0 Å². The summed E-state index contributed by atoms with van der Waals surface area (Å²) in [5.74, 6) is -0.859. The Bertz CT molecular complexity index is 2650. The van der Waals surface area contributed by atoms with Crippen LogP contribution in [0.15, 0.2) is 47.4 Å². The van der Waals surface area contributed by atoms with Crippen molar-refractivity contribution in [3.63, 3.8) is 0 Å². The number of nitrogens with zero attached hydrogens (tertiary/aromatic N) is 7. The Labute approximate surface area is 387 Å². The first-order valence-electron chi connectivity index (χ1n) is 23.2. The topological polar surface area (TPSA) is 189 Å². The average molecular weight is 922 g/mol. The van der Waals surface area contributed by atoms with Crippen LogP contribution in [0.5, 0.6) is 5.75 Å². The number of ether oxygens (including phenoxy) is 2. The van der Waals surface area contributed by atoms with E-state index in [1.807, 2.05) is 45.0 Å². The summed E-state index contributed by atoms with van der Waals surface area (Å²) in [6.07, 6.45) is 6.75. The maximum Gasteiger partial charge on any atom is 0.293 e. The van der Waals surface area contributed by atoms with E-state index in [0.717, 1.165) is 92.0 Å². The van der Waals surface area contributed by atoms with Crippen molar-refractivity contribution in [1.82, 2.24) is 29.7 Å². The number of imide groups is 2. The maximum atomic E-state index is 13.7. The Morgan fingerprint density at radius 3 is 2.36 bits per heavy atom. The van der Waals surface area contributed by atoms with Gasteiger partial charge in [0.05, 0.1) is 35.0 Å². The highest BCUT2D eigenvalue weighted by Gasteiger charge is 2.46. The first-order valence-corrected chi connectivity index (χ1v) is 23.6. The fraction of sp³-hybridized carbons (Fsp3) is 0.500. The molecule has 4 aliphatic heterocycles. The van der Waals surface area contributed by atoms with Gasteiger partial charge in [0.25, 0.3) is 17.4 Å². The molecule has 2 aromatic heterocycles. The predicted octanol–water partition coefficient (Wildman–Crippen LogP) is 5.43. The molecule has 5 aliphatic rings. The van der Waals surface area contributed by atoms with Crippen LogP contribution in [0.2, 0.25) is 5.02 Å². The Kier molecular flexibility index (Phi) is 12.9. The summed E-state index contributed by atoms with van der Waals surface area (Å²) in [7, 11) is 0. The number of rotatable bonds is 14. The van der Waals surface area contributed by atoms with E-state index in [1.54, 1.807) is 29.8 Å². The van der Waals surface area contributed by atoms with Crippen LogP contribution in [0.3, 0.4) is 0 Å². The molecule has 1 aliphatic carbocycles. The summed E-state index contributed by atoms with van der Waals surface area (Å²) < 4.78 is 14.0. The molecule has 17 nitrogen and oxygen atoms in total. The summed E-state index contributed by atoms with van der Waals surface area (Å²) >= 11 is 6.61. The number of amides is 4. The van der Waals surface area contributed by atoms with Crippen LogP contribution in [0.1, 0.15) is 105 Å². The zero-order chi connectivity index (χ0) is 46.4. The number of pyridine rings is 1. The lowest BCUT2D eigenvalue weighted by Gasteiger charge is -2.48. The van der Waals surface area contributed by atoms with Crippen molar-refractivity contribution in [2.24, 2.45) is 0 Å². The fourth-order valence-corrected chi connectivity index (χ4v) is 10.2. The first-order chi connectivity index (χ1) is 31.8. The number of Topliss-reactive ketones (excluding diaryl/α,β-unsaturated/α-hetero) is 1. The summed E-state index contributed by atoms with van der Waals surface area (Å²) in [5.41, 5.74) is 3.65. The van der Waals surface area contributed by atoms with E-state index in [4.69, 9.17) is 26.1 Å². The van der Waals surface area contributed by atoms with Crippen LogP contribution >= 0.6 is 11.6 Å². The minimum absolute atomic E-state index is 0.0852. The zero-order valence-corrected chi connectivity index (χ0v) is 38.6. The Balaban J connectivity index is 0.758. The zero-order valence-electron chi connectivity index (χ0n) is 37.8. The number of hydrogen-bond donors (Lipinski definition) is 2. The highest BCUT2D eigenvalue weighted by Crippen LogP contribution is 2.38. The number of fused-ring (bicyclic) bond motifs is 2. The van der Waals surface area contributed by atoms with Crippen LogP contribution < -0.4 is 30.7 Å². The molecule has 66 heavy (non-hydrogen) atoms. The second-order valence-electron chi connectivity index (χ2n) is 18.1. The number of halogens is 1. The van der Waals surface area contributed by atoms with E-state index < -0.39 is 29.7 Å². The van der Waals surface area contributed by atoms with Crippen molar-refractivity contribution in [1.29, 1.82) is 0 Å². The Hall–Kier alpha value is -5.91.